The highest BCUT2D eigenvalue weighted by atomic mass is 16.6. The molecule has 1 saturated heterocycles. The highest BCUT2D eigenvalue weighted by molar-refractivity contribution is 5.98. The van der Waals surface area contributed by atoms with E-state index in [1.807, 2.05) is 0 Å². The molecule has 1 unspecified atom stereocenters. The van der Waals surface area contributed by atoms with Crippen molar-refractivity contribution in [3.63, 3.8) is 0 Å². The molecule has 0 bridgehead atoms. The first-order valence-electron chi connectivity index (χ1n) is 6.68. The van der Waals surface area contributed by atoms with Crippen molar-refractivity contribution < 1.29 is 14.5 Å². The van der Waals surface area contributed by atoms with Crippen LogP contribution in [0.4, 0.5) is 5.69 Å². The number of nitrogens with zero attached hydrogens (tertiary/aromatic N) is 3. The summed E-state index contributed by atoms with van der Waals surface area (Å²) < 4.78 is 0. The number of likely N-dealkylation sites (tertiary alicyclic amines) is 1. The third-order valence-electron chi connectivity index (χ3n) is 3.56. The molecule has 0 N–H and O–H groups in total. The monoisotopic (exact) mass is 291 g/mol. The van der Waals surface area contributed by atoms with Gasteiger partial charge in [-0.3, -0.25) is 19.7 Å². The van der Waals surface area contributed by atoms with E-state index in [1.54, 1.807) is 19.0 Å². The molecule has 1 aliphatic rings. The Morgan fingerprint density at radius 1 is 1.29 bits per heavy atom. The Bertz CT molecular complexity index is 568. The van der Waals surface area contributed by atoms with Gasteiger partial charge in [0.25, 0.3) is 11.6 Å². The van der Waals surface area contributed by atoms with Gasteiger partial charge in [-0.25, -0.2) is 0 Å². The summed E-state index contributed by atoms with van der Waals surface area (Å²) in [6, 6.07) is 5.01. The number of amides is 2. The minimum Gasteiger partial charge on any atom is -0.347 e. The van der Waals surface area contributed by atoms with E-state index in [1.165, 1.54) is 29.2 Å². The molecule has 0 spiro atoms. The summed E-state index contributed by atoms with van der Waals surface area (Å²) in [6.45, 7) is 0.528. The Morgan fingerprint density at radius 3 is 2.43 bits per heavy atom. The van der Waals surface area contributed by atoms with E-state index in [2.05, 4.69) is 0 Å². The predicted octanol–water partition coefficient (Wildman–Crippen LogP) is 1.29. The van der Waals surface area contributed by atoms with Gasteiger partial charge in [0.2, 0.25) is 5.91 Å². The molecule has 112 valence electrons. The molecular weight excluding hydrogens is 274 g/mol. The maximum absolute atomic E-state index is 12.5. The summed E-state index contributed by atoms with van der Waals surface area (Å²) in [6.07, 6.45) is 1.43. The molecule has 1 atom stereocenters. The summed E-state index contributed by atoms with van der Waals surface area (Å²) in [7, 11) is 3.32. The molecule has 1 aromatic carbocycles. The number of hydrogen-bond donors (Lipinski definition) is 0. The van der Waals surface area contributed by atoms with Gasteiger partial charge in [-0.05, 0) is 25.0 Å². The molecule has 0 saturated carbocycles. The Labute approximate surface area is 122 Å². The predicted molar refractivity (Wildman–Crippen MR) is 75.8 cm³/mol. The molecule has 7 nitrogen and oxygen atoms in total. The minimum atomic E-state index is -0.511. The molecule has 2 rings (SSSR count). The molecular formula is C14H17N3O4. The molecule has 0 aromatic heterocycles. The molecule has 1 aliphatic heterocycles. The average molecular weight is 291 g/mol. The van der Waals surface area contributed by atoms with Crippen LogP contribution in [0.3, 0.4) is 0 Å². The Kier molecular flexibility index (Phi) is 4.21. The van der Waals surface area contributed by atoms with Crippen molar-refractivity contribution in [3.8, 4) is 0 Å². The molecule has 2 amide bonds. The van der Waals surface area contributed by atoms with Gasteiger partial charge in [-0.15, -0.1) is 0 Å². The van der Waals surface area contributed by atoms with E-state index >= 15 is 0 Å². The second kappa shape index (κ2) is 5.90. The van der Waals surface area contributed by atoms with Crippen LogP contribution < -0.4 is 0 Å². The highest BCUT2D eigenvalue weighted by Gasteiger charge is 2.35. The molecule has 1 fully saturated rings. The Morgan fingerprint density at radius 2 is 1.90 bits per heavy atom. The topological polar surface area (TPSA) is 83.8 Å². The van der Waals surface area contributed by atoms with Crippen molar-refractivity contribution in [1.29, 1.82) is 0 Å². The van der Waals surface area contributed by atoms with Crippen LogP contribution in [-0.4, -0.2) is 53.2 Å². The summed E-state index contributed by atoms with van der Waals surface area (Å²) in [5.41, 5.74) is 0.299. The fraction of sp³-hybridized carbons (Fsp3) is 0.429. The van der Waals surface area contributed by atoms with Crippen LogP contribution in [0.25, 0.3) is 0 Å². The van der Waals surface area contributed by atoms with Crippen molar-refractivity contribution in [2.45, 2.75) is 18.9 Å². The summed E-state index contributed by atoms with van der Waals surface area (Å²) in [4.78, 5) is 37.7. The summed E-state index contributed by atoms with van der Waals surface area (Å²) >= 11 is 0. The van der Waals surface area contributed by atoms with E-state index in [4.69, 9.17) is 0 Å². The first kappa shape index (κ1) is 15.0. The van der Waals surface area contributed by atoms with Crippen LogP contribution in [0.1, 0.15) is 23.2 Å². The lowest BCUT2D eigenvalue weighted by Gasteiger charge is -2.26. The zero-order valence-corrected chi connectivity index (χ0v) is 12.0. The van der Waals surface area contributed by atoms with Crippen molar-refractivity contribution >= 4 is 17.5 Å². The van der Waals surface area contributed by atoms with E-state index in [0.717, 1.165) is 6.42 Å². The van der Waals surface area contributed by atoms with Gasteiger partial charge < -0.3 is 9.80 Å². The number of hydrogen-bond acceptors (Lipinski definition) is 4. The maximum Gasteiger partial charge on any atom is 0.269 e. The molecule has 0 radical (unpaired) electrons. The zero-order valence-electron chi connectivity index (χ0n) is 12.0. The van der Waals surface area contributed by atoms with Crippen molar-refractivity contribution in [2.75, 3.05) is 20.6 Å². The quantitative estimate of drug-likeness (QED) is 0.620. The van der Waals surface area contributed by atoms with Crippen LogP contribution in [0.5, 0.6) is 0 Å². The fourth-order valence-corrected chi connectivity index (χ4v) is 2.46. The molecule has 1 aromatic rings. The number of non-ortho nitro benzene ring substituents is 1. The summed E-state index contributed by atoms with van der Waals surface area (Å²) in [5.74, 6) is -0.356. The molecule has 7 heteroatoms. The van der Waals surface area contributed by atoms with Crippen LogP contribution >= 0.6 is 0 Å². The average Bonchev–Trinajstić information content (AvgIpc) is 2.94. The highest BCUT2D eigenvalue weighted by Crippen LogP contribution is 2.22. The second-order valence-electron chi connectivity index (χ2n) is 5.19. The second-order valence-corrected chi connectivity index (χ2v) is 5.19. The lowest BCUT2D eigenvalue weighted by Crippen LogP contribution is -2.45. The van der Waals surface area contributed by atoms with Crippen molar-refractivity contribution in [3.05, 3.63) is 39.9 Å². The minimum absolute atomic E-state index is 0.0612. The van der Waals surface area contributed by atoms with Crippen molar-refractivity contribution in [1.82, 2.24) is 9.80 Å². The van der Waals surface area contributed by atoms with Gasteiger partial charge >= 0.3 is 0 Å². The largest absolute Gasteiger partial charge is 0.347 e. The Balaban J connectivity index is 2.18. The summed E-state index contributed by atoms with van der Waals surface area (Å²) in [5, 5.41) is 10.6. The van der Waals surface area contributed by atoms with Gasteiger partial charge in [-0.2, -0.15) is 0 Å². The van der Waals surface area contributed by atoms with Crippen molar-refractivity contribution in [2.24, 2.45) is 0 Å². The van der Waals surface area contributed by atoms with Crippen LogP contribution in [-0.2, 0) is 4.79 Å². The van der Waals surface area contributed by atoms with Crippen LogP contribution in [0.15, 0.2) is 24.3 Å². The number of carbonyl (C=O) groups is 2. The van der Waals surface area contributed by atoms with E-state index in [-0.39, 0.29) is 17.5 Å². The van der Waals surface area contributed by atoms with Gasteiger partial charge in [0, 0.05) is 38.3 Å². The number of benzene rings is 1. The normalized spacial score (nSPS) is 17.6. The first-order valence-corrected chi connectivity index (χ1v) is 6.68. The lowest BCUT2D eigenvalue weighted by atomic mass is 10.1. The van der Waals surface area contributed by atoms with Gasteiger partial charge in [-0.1, -0.05) is 0 Å². The SMILES string of the molecule is CN(C)C(=O)C1CCCN1C(=O)c1ccc([N+](=O)[O-])cc1. The van der Waals surface area contributed by atoms with Gasteiger partial charge in [0.1, 0.15) is 6.04 Å². The molecule has 21 heavy (non-hydrogen) atoms. The lowest BCUT2D eigenvalue weighted by molar-refractivity contribution is -0.384. The molecule has 0 aliphatic carbocycles. The third-order valence-corrected chi connectivity index (χ3v) is 3.56. The van der Waals surface area contributed by atoms with Gasteiger partial charge in [0.05, 0.1) is 4.92 Å². The van der Waals surface area contributed by atoms with E-state index < -0.39 is 11.0 Å². The zero-order chi connectivity index (χ0) is 15.6. The third kappa shape index (κ3) is 3.01. The first-order chi connectivity index (χ1) is 9.91. The van der Waals surface area contributed by atoms with E-state index in [9.17, 15) is 19.7 Å². The fourth-order valence-electron chi connectivity index (χ4n) is 2.46. The van der Waals surface area contributed by atoms with Crippen LogP contribution in [0, 0.1) is 10.1 Å². The number of nitro groups is 1. The standard InChI is InChI=1S/C14H17N3O4/c1-15(2)14(19)12-4-3-9-16(12)13(18)10-5-7-11(8-6-10)17(20)21/h5-8,12H,3-4,9H2,1-2H3. The van der Waals surface area contributed by atoms with Gasteiger partial charge in [0.15, 0.2) is 0 Å². The molecule has 1 heterocycles. The Hall–Kier alpha value is -2.44. The number of carbonyl (C=O) groups excluding carboxylic acids is 2. The van der Waals surface area contributed by atoms with E-state index in [0.29, 0.717) is 18.5 Å². The number of nitro benzene ring substituents is 1. The number of likely N-dealkylation sites (N-methyl/N-ethyl adjacent to an activating group) is 1. The smallest absolute Gasteiger partial charge is 0.269 e. The number of rotatable bonds is 3. The maximum atomic E-state index is 12.5. The van der Waals surface area contributed by atoms with Crippen LogP contribution in [0.2, 0.25) is 0 Å².